The van der Waals surface area contributed by atoms with Crippen molar-refractivity contribution < 1.29 is 22.8 Å². The van der Waals surface area contributed by atoms with E-state index in [-0.39, 0.29) is 24.9 Å². The number of ketones is 1. The number of Topliss-reactive ketones (excluding diaryl/α,β-unsaturated/α-hetero) is 1. The molecule has 0 fully saturated rings. The Bertz CT molecular complexity index is 371. The molecule has 0 saturated carbocycles. The number of hydrogen-bond donors (Lipinski definition) is 0. The van der Waals surface area contributed by atoms with Gasteiger partial charge in [-0.05, 0) is 17.9 Å². The summed E-state index contributed by atoms with van der Waals surface area (Å²) in [6, 6.07) is 3.32. The lowest BCUT2D eigenvalue weighted by Crippen LogP contribution is -2.17. The Morgan fingerprint density at radius 1 is 1.47 bits per heavy atom. The van der Waals surface area contributed by atoms with Gasteiger partial charge in [0.25, 0.3) is 0 Å². The average molecular weight is 264 g/mol. The van der Waals surface area contributed by atoms with E-state index in [1.165, 1.54) is 11.3 Å². The maximum absolute atomic E-state index is 12.0. The van der Waals surface area contributed by atoms with Crippen LogP contribution in [0.5, 0.6) is 0 Å². The number of carbonyl (C=O) groups is 2. The average Bonchev–Trinajstić information content (AvgIpc) is 2.75. The molecule has 1 aromatic heterocycles. The van der Waals surface area contributed by atoms with Gasteiger partial charge in [0.15, 0.2) is 5.78 Å². The first kappa shape index (κ1) is 13.9. The number of alkyl halides is 3. The van der Waals surface area contributed by atoms with Gasteiger partial charge in [-0.3, -0.25) is 4.79 Å². The van der Waals surface area contributed by atoms with Crippen LogP contribution < -0.4 is 0 Å². The Morgan fingerprint density at radius 2 is 2.18 bits per heavy atom. The van der Waals surface area contributed by atoms with Crippen LogP contribution in [-0.4, -0.2) is 18.2 Å². The molecule has 0 aliphatic heterocycles. The predicted octanol–water partition coefficient (Wildman–Crippen LogP) is 3.48. The standard InChI is InChI=1S/C11H11F3O2S/c12-11(13,14)6-8(7-15)3-4-9(16)10-2-1-5-17-10/h1-2,5,7-8H,3-4,6H2/t8-/m0/s1. The third-order valence-electron chi connectivity index (χ3n) is 2.22. The van der Waals surface area contributed by atoms with E-state index in [1.807, 2.05) is 0 Å². The highest BCUT2D eigenvalue weighted by Crippen LogP contribution is 2.26. The first-order valence-electron chi connectivity index (χ1n) is 5.01. The second-order valence-corrected chi connectivity index (χ2v) is 4.60. The molecule has 6 heteroatoms. The van der Waals surface area contributed by atoms with Gasteiger partial charge in [0.1, 0.15) is 6.29 Å². The Morgan fingerprint density at radius 3 is 2.65 bits per heavy atom. The smallest absolute Gasteiger partial charge is 0.303 e. The zero-order chi connectivity index (χ0) is 12.9. The van der Waals surface area contributed by atoms with Gasteiger partial charge < -0.3 is 4.79 Å². The third-order valence-corrected chi connectivity index (χ3v) is 3.14. The van der Waals surface area contributed by atoms with E-state index in [1.54, 1.807) is 17.5 Å². The van der Waals surface area contributed by atoms with Gasteiger partial charge in [0, 0.05) is 12.3 Å². The Kier molecular flexibility index (Phi) is 4.86. The molecule has 0 bridgehead atoms. The summed E-state index contributed by atoms with van der Waals surface area (Å²) in [5.74, 6) is -1.34. The normalized spacial score (nSPS) is 13.4. The summed E-state index contributed by atoms with van der Waals surface area (Å²) < 4.78 is 36.1. The molecule has 0 radical (unpaired) electrons. The van der Waals surface area contributed by atoms with E-state index in [0.717, 1.165) is 0 Å². The van der Waals surface area contributed by atoms with Crippen molar-refractivity contribution in [1.29, 1.82) is 0 Å². The molecule has 0 amide bonds. The molecule has 2 nitrogen and oxygen atoms in total. The Balaban J connectivity index is 2.43. The molecular formula is C11H11F3O2S. The lowest BCUT2D eigenvalue weighted by atomic mass is 9.99. The zero-order valence-corrected chi connectivity index (χ0v) is 9.68. The maximum atomic E-state index is 12.0. The fourth-order valence-corrected chi connectivity index (χ4v) is 2.09. The monoisotopic (exact) mass is 264 g/mol. The lowest BCUT2D eigenvalue weighted by Gasteiger charge is -2.11. The Labute approximate surface area is 100 Å². The van der Waals surface area contributed by atoms with E-state index in [2.05, 4.69) is 0 Å². The quantitative estimate of drug-likeness (QED) is 0.582. The number of thiophene rings is 1. The summed E-state index contributed by atoms with van der Waals surface area (Å²) in [4.78, 5) is 22.5. The van der Waals surface area contributed by atoms with Crippen LogP contribution in [0.15, 0.2) is 17.5 Å². The summed E-state index contributed by atoms with van der Waals surface area (Å²) in [5.41, 5.74) is 0. The van der Waals surface area contributed by atoms with E-state index >= 15 is 0 Å². The molecule has 1 heterocycles. The van der Waals surface area contributed by atoms with Crippen LogP contribution in [-0.2, 0) is 4.79 Å². The predicted molar refractivity (Wildman–Crippen MR) is 58.1 cm³/mol. The van der Waals surface area contributed by atoms with Crippen molar-refractivity contribution in [1.82, 2.24) is 0 Å². The summed E-state index contributed by atoms with van der Waals surface area (Å²) in [6.45, 7) is 0. The van der Waals surface area contributed by atoms with Crippen LogP contribution in [0.3, 0.4) is 0 Å². The second-order valence-electron chi connectivity index (χ2n) is 3.65. The van der Waals surface area contributed by atoms with Crippen molar-refractivity contribution in [2.45, 2.75) is 25.4 Å². The highest BCUT2D eigenvalue weighted by molar-refractivity contribution is 7.12. The summed E-state index contributed by atoms with van der Waals surface area (Å²) in [5, 5.41) is 1.72. The number of aldehydes is 1. The van der Waals surface area contributed by atoms with Gasteiger partial charge >= 0.3 is 6.18 Å². The topological polar surface area (TPSA) is 34.1 Å². The first-order chi connectivity index (χ1) is 7.92. The molecule has 17 heavy (non-hydrogen) atoms. The fourth-order valence-electron chi connectivity index (χ4n) is 1.39. The van der Waals surface area contributed by atoms with Gasteiger partial charge in [0.2, 0.25) is 0 Å². The highest BCUT2D eigenvalue weighted by atomic mass is 32.1. The van der Waals surface area contributed by atoms with Crippen molar-refractivity contribution in [2.75, 3.05) is 0 Å². The van der Waals surface area contributed by atoms with Crippen LogP contribution in [0.1, 0.15) is 28.9 Å². The minimum Gasteiger partial charge on any atom is -0.303 e. The maximum Gasteiger partial charge on any atom is 0.389 e. The number of hydrogen-bond acceptors (Lipinski definition) is 3. The second kappa shape index (κ2) is 5.95. The molecule has 1 atom stereocenters. The van der Waals surface area contributed by atoms with Gasteiger partial charge in [-0.1, -0.05) is 6.07 Å². The minimum atomic E-state index is -4.36. The molecule has 0 aromatic carbocycles. The molecule has 0 aliphatic carbocycles. The molecule has 0 aliphatic rings. The molecule has 1 aromatic rings. The van der Waals surface area contributed by atoms with E-state index in [9.17, 15) is 22.8 Å². The summed E-state index contributed by atoms with van der Waals surface area (Å²) >= 11 is 1.24. The van der Waals surface area contributed by atoms with Crippen LogP contribution in [0.4, 0.5) is 13.2 Å². The van der Waals surface area contributed by atoms with Crippen molar-refractivity contribution in [3.8, 4) is 0 Å². The van der Waals surface area contributed by atoms with Crippen molar-refractivity contribution in [3.05, 3.63) is 22.4 Å². The van der Waals surface area contributed by atoms with Crippen molar-refractivity contribution >= 4 is 23.4 Å². The van der Waals surface area contributed by atoms with Gasteiger partial charge in [-0.2, -0.15) is 13.2 Å². The molecule has 94 valence electrons. The van der Waals surface area contributed by atoms with E-state index < -0.39 is 18.5 Å². The highest BCUT2D eigenvalue weighted by Gasteiger charge is 2.31. The summed E-state index contributed by atoms with van der Waals surface area (Å²) in [7, 11) is 0. The van der Waals surface area contributed by atoms with Crippen LogP contribution in [0.2, 0.25) is 0 Å². The van der Waals surface area contributed by atoms with Gasteiger partial charge in [-0.15, -0.1) is 11.3 Å². The largest absolute Gasteiger partial charge is 0.389 e. The van der Waals surface area contributed by atoms with E-state index in [4.69, 9.17) is 0 Å². The van der Waals surface area contributed by atoms with Gasteiger partial charge in [-0.25, -0.2) is 0 Å². The Hall–Kier alpha value is -1.17. The molecular weight excluding hydrogens is 253 g/mol. The summed E-state index contributed by atoms with van der Waals surface area (Å²) in [6.07, 6.45) is -5.33. The van der Waals surface area contributed by atoms with Crippen LogP contribution >= 0.6 is 11.3 Å². The zero-order valence-electron chi connectivity index (χ0n) is 8.87. The van der Waals surface area contributed by atoms with E-state index in [0.29, 0.717) is 4.88 Å². The first-order valence-corrected chi connectivity index (χ1v) is 5.89. The number of carbonyl (C=O) groups excluding carboxylic acids is 2. The number of rotatable bonds is 6. The minimum absolute atomic E-state index is 0.0278. The molecule has 1 rings (SSSR count). The van der Waals surface area contributed by atoms with Crippen LogP contribution in [0.25, 0.3) is 0 Å². The van der Waals surface area contributed by atoms with Crippen molar-refractivity contribution in [2.24, 2.45) is 5.92 Å². The van der Waals surface area contributed by atoms with Crippen molar-refractivity contribution in [3.63, 3.8) is 0 Å². The molecule has 0 N–H and O–H groups in total. The number of halogens is 3. The van der Waals surface area contributed by atoms with Gasteiger partial charge in [0.05, 0.1) is 11.3 Å². The SMILES string of the molecule is O=C[C@@H](CCC(=O)c1cccs1)CC(F)(F)F. The third kappa shape index (κ3) is 5.12. The lowest BCUT2D eigenvalue weighted by molar-refractivity contribution is -0.149. The fraction of sp³-hybridized carbons (Fsp3) is 0.455. The molecule has 0 spiro atoms. The van der Waals surface area contributed by atoms with Crippen LogP contribution in [0, 0.1) is 5.92 Å². The molecule has 0 saturated heterocycles. The molecule has 0 unspecified atom stereocenters.